The zero-order valence-corrected chi connectivity index (χ0v) is 9.53. The molecule has 0 aliphatic heterocycles. The Kier molecular flexibility index (Phi) is 4.35. The van der Waals surface area contributed by atoms with Crippen LogP contribution in [0.25, 0.3) is 6.08 Å². The molecule has 0 aromatic carbocycles. The Morgan fingerprint density at radius 2 is 2.38 bits per heavy atom. The molecule has 0 fully saturated rings. The summed E-state index contributed by atoms with van der Waals surface area (Å²) in [6.45, 7) is 9.46. The van der Waals surface area contributed by atoms with Crippen LogP contribution in [0.2, 0.25) is 0 Å². The van der Waals surface area contributed by atoms with Gasteiger partial charge < -0.3 is 4.98 Å². The zero-order chi connectivity index (χ0) is 12.0. The van der Waals surface area contributed by atoms with Gasteiger partial charge in [-0.15, -0.1) is 0 Å². The summed E-state index contributed by atoms with van der Waals surface area (Å²) in [6, 6.07) is 6.06. The van der Waals surface area contributed by atoms with E-state index in [2.05, 4.69) is 24.2 Å². The number of rotatable bonds is 5. The van der Waals surface area contributed by atoms with E-state index in [0.717, 1.165) is 17.8 Å². The third-order valence-electron chi connectivity index (χ3n) is 2.50. The SMILES string of the molecule is C=Cc1ccc(C(C/C=C\C)C(=C)C#N)[nH]1. The van der Waals surface area contributed by atoms with E-state index in [0.29, 0.717) is 5.57 Å². The highest BCUT2D eigenvalue weighted by Crippen LogP contribution is 2.26. The first-order valence-electron chi connectivity index (χ1n) is 5.24. The maximum atomic E-state index is 8.92. The van der Waals surface area contributed by atoms with Crippen LogP contribution in [0.5, 0.6) is 0 Å². The maximum Gasteiger partial charge on any atom is 0.0948 e. The van der Waals surface area contributed by atoms with Gasteiger partial charge in [-0.2, -0.15) is 5.26 Å². The average Bonchev–Trinajstić information content (AvgIpc) is 2.77. The fourth-order valence-corrected chi connectivity index (χ4v) is 1.56. The predicted molar refractivity (Wildman–Crippen MR) is 67.8 cm³/mol. The second kappa shape index (κ2) is 5.77. The fraction of sp³-hybridized carbons (Fsp3) is 0.214. The van der Waals surface area contributed by atoms with Crippen molar-refractivity contribution in [1.29, 1.82) is 5.26 Å². The quantitative estimate of drug-likeness (QED) is 0.585. The Hall–Kier alpha value is -2.01. The highest BCUT2D eigenvalue weighted by molar-refractivity contribution is 5.44. The number of allylic oxidation sites excluding steroid dienone is 3. The van der Waals surface area contributed by atoms with Crippen molar-refractivity contribution in [3.8, 4) is 6.07 Å². The van der Waals surface area contributed by atoms with Crippen LogP contribution in [0.3, 0.4) is 0 Å². The van der Waals surface area contributed by atoms with Crippen molar-refractivity contribution in [1.82, 2.24) is 4.98 Å². The van der Waals surface area contributed by atoms with E-state index in [9.17, 15) is 0 Å². The third-order valence-corrected chi connectivity index (χ3v) is 2.50. The molecule has 1 rings (SSSR count). The van der Waals surface area contributed by atoms with Gasteiger partial charge in [0.25, 0.3) is 0 Å². The van der Waals surface area contributed by atoms with Crippen LogP contribution in [0, 0.1) is 11.3 Å². The summed E-state index contributed by atoms with van der Waals surface area (Å²) in [5, 5.41) is 8.92. The number of hydrogen-bond donors (Lipinski definition) is 1. The summed E-state index contributed by atoms with van der Waals surface area (Å²) in [4.78, 5) is 3.22. The molecule has 0 aliphatic rings. The molecule has 0 aliphatic carbocycles. The van der Waals surface area contributed by atoms with Crippen molar-refractivity contribution in [2.24, 2.45) is 0 Å². The maximum absolute atomic E-state index is 8.92. The van der Waals surface area contributed by atoms with Gasteiger partial charge in [0, 0.05) is 22.9 Å². The van der Waals surface area contributed by atoms with Crippen molar-refractivity contribution in [2.75, 3.05) is 0 Å². The molecule has 0 bridgehead atoms. The van der Waals surface area contributed by atoms with Crippen molar-refractivity contribution < 1.29 is 0 Å². The molecule has 0 saturated heterocycles. The molecular formula is C14H16N2. The summed E-state index contributed by atoms with van der Waals surface area (Å²) in [7, 11) is 0. The lowest BCUT2D eigenvalue weighted by Crippen LogP contribution is -2.00. The first-order chi connectivity index (χ1) is 7.72. The fourth-order valence-electron chi connectivity index (χ4n) is 1.56. The van der Waals surface area contributed by atoms with E-state index in [1.807, 2.05) is 31.2 Å². The molecule has 1 heterocycles. The summed E-state index contributed by atoms with van der Waals surface area (Å²) in [5.74, 6) is 0.0369. The van der Waals surface area contributed by atoms with Crippen LogP contribution in [0.1, 0.15) is 30.7 Å². The van der Waals surface area contributed by atoms with Crippen LogP contribution in [0.15, 0.2) is 43.0 Å². The third kappa shape index (κ3) is 2.74. The molecule has 2 heteroatoms. The standard InChI is InChI=1S/C14H16N2/c1-4-6-7-13(11(3)10-15)14-9-8-12(5-2)16-14/h4-6,8-9,13,16H,2-3,7H2,1H3/b6-4-. The molecule has 0 saturated carbocycles. The Labute approximate surface area is 96.6 Å². The molecule has 16 heavy (non-hydrogen) atoms. The topological polar surface area (TPSA) is 39.6 Å². The van der Waals surface area contributed by atoms with E-state index in [-0.39, 0.29) is 5.92 Å². The molecule has 0 spiro atoms. The van der Waals surface area contributed by atoms with Crippen molar-refractivity contribution in [2.45, 2.75) is 19.3 Å². The summed E-state index contributed by atoms with van der Waals surface area (Å²) in [5.41, 5.74) is 2.56. The van der Waals surface area contributed by atoms with Gasteiger partial charge in [0.15, 0.2) is 0 Å². The zero-order valence-electron chi connectivity index (χ0n) is 9.53. The van der Waals surface area contributed by atoms with Crippen LogP contribution in [-0.2, 0) is 0 Å². The van der Waals surface area contributed by atoms with Crippen molar-refractivity contribution in [3.63, 3.8) is 0 Å². The normalized spacial score (nSPS) is 12.2. The summed E-state index contributed by atoms with van der Waals surface area (Å²) < 4.78 is 0. The van der Waals surface area contributed by atoms with Crippen LogP contribution in [-0.4, -0.2) is 4.98 Å². The number of aromatic amines is 1. The van der Waals surface area contributed by atoms with Gasteiger partial charge in [-0.05, 0) is 31.6 Å². The van der Waals surface area contributed by atoms with E-state index in [1.165, 1.54) is 0 Å². The van der Waals surface area contributed by atoms with Gasteiger partial charge in [-0.3, -0.25) is 0 Å². The predicted octanol–water partition coefficient (Wildman–Crippen LogP) is 3.79. The van der Waals surface area contributed by atoms with Gasteiger partial charge in [0.05, 0.1) is 6.07 Å². The van der Waals surface area contributed by atoms with Crippen molar-refractivity contribution in [3.05, 3.63) is 54.4 Å². The number of nitrogens with one attached hydrogen (secondary N) is 1. The monoisotopic (exact) mass is 212 g/mol. The minimum atomic E-state index is 0.0369. The van der Waals surface area contributed by atoms with Gasteiger partial charge in [0.1, 0.15) is 0 Å². The lowest BCUT2D eigenvalue weighted by atomic mass is 9.94. The lowest BCUT2D eigenvalue weighted by molar-refractivity contribution is 0.805. The molecule has 0 amide bonds. The molecular weight excluding hydrogens is 196 g/mol. The van der Waals surface area contributed by atoms with E-state index in [1.54, 1.807) is 6.08 Å². The molecule has 1 atom stereocenters. The van der Waals surface area contributed by atoms with Crippen LogP contribution >= 0.6 is 0 Å². The van der Waals surface area contributed by atoms with Gasteiger partial charge in [0.2, 0.25) is 0 Å². The highest BCUT2D eigenvalue weighted by Gasteiger charge is 2.14. The first-order valence-corrected chi connectivity index (χ1v) is 5.24. The average molecular weight is 212 g/mol. The molecule has 1 aromatic heterocycles. The molecule has 82 valence electrons. The van der Waals surface area contributed by atoms with E-state index < -0.39 is 0 Å². The van der Waals surface area contributed by atoms with Crippen LogP contribution in [0.4, 0.5) is 0 Å². The number of nitrogens with zero attached hydrogens (tertiary/aromatic N) is 1. The van der Waals surface area contributed by atoms with Gasteiger partial charge in [-0.25, -0.2) is 0 Å². The molecule has 1 N–H and O–H groups in total. The number of nitriles is 1. The molecule has 0 radical (unpaired) electrons. The lowest BCUT2D eigenvalue weighted by Gasteiger charge is -2.11. The minimum Gasteiger partial charge on any atom is -0.358 e. The molecule has 1 unspecified atom stereocenters. The Balaban J connectivity index is 2.96. The first kappa shape index (κ1) is 12.1. The largest absolute Gasteiger partial charge is 0.358 e. The summed E-state index contributed by atoms with van der Waals surface area (Å²) in [6.07, 6.45) is 6.57. The Morgan fingerprint density at radius 3 is 2.88 bits per heavy atom. The molecule has 2 nitrogen and oxygen atoms in total. The minimum absolute atomic E-state index is 0.0369. The number of hydrogen-bond acceptors (Lipinski definition) is 1. The molecule has 1 aromatic rings. The number of aromatic nitrogens is 1. The second-order valence-electron chi connectivity index (χ2n) is 3.57. The van der Waals surface area contributed by atoms with Gasteiger partial charge in [-0.1, -0.05) is 25.3 Å². The smallest absolute Gasteiger partial charge is 0.0948 e. The second-order valence-corrected chi connectivity index (χ2v) is 3.57. The van der Waals surface area contributed by atoms with Crippen molar-refractivity contribution >= 4 is 6.08 Å². The highest BCUT2D eigenvalue weighted by atomic mass is 14.7. The Morgan fingerprint density at radius 1 is 1.62 bits per heavy atom. The number of H-pyrrole nitrogens is 1. The summed E-state index contributed by atoms with van der Waals surface area (Å²) >= 11 is 0. The Bertz CT molecular complexity index is 444. The van der Waals surface area contributed by atoms with Crippen LogP contribution < -0.4 is 0 Å². The van der Waals surface area contributed by atoms with E-state index in [4.69, 9.17) is 5.26 Å². The van der Waals surface area contributed by atoms with Gasteiger partial charge >= 0.3 is 0 Å². The van der Waals surface area contributed by atoms with E-state index >= 15 is 0 Å².